The number of nitrogens with zero attached hydrogens (tertiary/aromatic N) is 6. The highest BCUT2D eigenvalue weighted by molar-refractivity contribution is 6.33. The van der Waals surface area contributed by atoms with E-state index >= 15 is 4.39 Å². The van der Waals surface area contributed by atoms with Gasteiger partial charge in [0.1, 0.15) is 29.0 Å². The highest BCUT2D eigenvalue weighted by Crippen LogP contribution is 2.55. The first kappa shape index (κ1) is 28.9. The van der Waals surface area contributed by atoms with Gasteiger partial charge in [-0.2, -0.15) is 15.1 Å². The lowest BCUT2D eigenvalue weighted by Gasteiger charge is -2.31. The molecule has 1 aliphatic carbocycles. The molecule has 3 aromatic heterocycles. The zero-order valence-corrected chi connectivity index (χ0v) is 26.5. The van der Waals surface area contributed by atoms with Crippen LogP contribution in [0.5, 0.6) is 11.9 Å². The van der Waals surface area contributed by atoms with Gasteiger partial charge in [-0.25, -0.2) is 9.37 Å². The zero-order valence-electron chi connectivity index (χ0n) is 25.7. The average Bonchev–Trinajstić information content (AvgIpc) is 3.36. The quantitative estimate of drug-likeness (QED) is 0.252. The molecule has 6 heterocycles. The molecule has 0 radical (unpaired) electrons. The van der Waals surface area contributed by atoms with Crippen molar-refractivity contribution in [3.8, 4) is 23.1 Å². The highest BCUT2D eigenvalue weighted by atomic mass is 35.5. The molecular formula is C33H37ClFN7O3. The first-order valence-corrected chi connectivity index (χ1v) is 16.2. The molecule has 3 saturated heterocycles. The number of fused-ring (bicyclic) bond motifs is 3. The Kier molecular flexibility index (Phi) is 6.92. The van der Waals surface area contributed by atoms with E-state index in [0.717, 1.165) is 62.6 Å². The maximum Gasteiger partial charge on any atom is 0.319 e. The number of hydrogen-bond donors (Lipinski definition) is 1. The Bertz CT molecular complexity index is 1830. The van der Waals surface area contributed by atoms with Crippen LogP contribution >= 0.6 is 11.6 Å². The van der Waals surface area contributed by atoms with Crippen molar-refractivity contribution in [2.45, 2.75) is 56.4 Å². The molecule has 1 N–H and O–H groups in total. The van der Waals surface area contributed by atoms with Gasteiger partial charge in [-0.3, -0.25) is 10.00 Å². The molecule has 1 atom stereocenters. The molecule has 10 nitrogen and oxygen atoms in total. The Hall–Kier alpha value is -3.54. The van der Waals surface area contributed by atoms with Crippen molar-refractivity contribution in [3.05, 3.63) is 40.8 Å². The number of pyridine rings is 1. The van der Waals surface area contributed by atoms with Crippen molar-refractivity contribution >= 4 is 39.2 Å². The summed E-state index contributed by atoms with van der Waals surface area (Å²) in [6.07, 6.45) is 7.41. The summed E-state index contributed by atoms with van der Waals surface area (Å²) in [5, 5.41) is 8.96. The van der Waals surface area contributed by atoms with Crippen LogP contribution in [0.25, 0.3) is 33.1 Å². The Morgan fingerprint density at radius 3 is 2.82 bits per heavy atom. The smallest absolute Gasteiger partial charge is 0.319 e. The molecule has 0 bridgehead atoms. The lowest BCUT2D eigenvalue weighted by molar-refractivity contribution is 0.108. The van der Waals surface area contributed by atoms with E-state index < -0.39 is 5.82 Å². The number of methoxy groups -OCH3 is 1. The fourth-order valence-corrected chi connectivity index (χ4v) is 8.08. The van der Waals surface area contributed by atoms with Crippen molar-refractivity contribution in [1.29, 1.82) is 0 Å². The van der Waals surface area contributed by atoms with Crippen molar-refractivity contribution in [1.82, 2.24) is 30.0 Å². The zero-order chi connectivity index (χ0) is 30.9. The van der Waals surface area contributed by atoms with Crippen LogP contribution in [-0.2, 0) is 10.2 Å². The summed E-state index contributed by atoms with van der Waals surface area (Å²) in [4.78, 5) is 19.0. The lowest BCUT2D eigenvalue weighted by atomic mass is 9.88. The van der Waals surface area contributed by atoms with E-state index in [1.54, 1.807) is 13.3 Å². The van der Waals surface area contributed by atoms with E-state index in [9.17, 15) is 0 Å². The number of hydrogen-bond acceptors (Lipinski definition) is 9. The molecule has 12 heteroatoms. The normalized spacial score (nSPS) is 23.1. The van der Waals surface area contributed by atoms with Crippen molar-refractivity contribution in [2.24, 2.45) is 0 Å². The number of aromatic amines is 1. The summed E-state index contributed by atoms with van der Waals surface area (Å²) >= 11 is 6.91. The fraction of sp³-hybridized carbons (Fsp3) is 0.515. The van der Waals surface area contributed by atoms with E-state index in [2.05, 4.69) is 33.5 Å². The van der Waals surface area contributed by atoms with E-state index in [1.807, 2.05) is 6.07 Å². The van der Waals surface area contributed by atoms with Crippen LogP contribution in [0.1, 0.15) is 51.0 Å². The average molecular weight is 634 g/mol. The Balaban J connectivity index is 1.33. The molecule has 4 fully saturated rings. The van der Waals surface area contributed by atoms with Crippen LogP contribution in [0, 0.1) is 5.82 Å². The minimum Gasteiger partial charge on any atom is -0.480 e. The van der Waals surface area contributed by atoms with Crippen molar-refractivity contribution in [3.63, 3.8) is 0 Å². The van der Waals surface area contributed by atoms with Crippen LogP contribution < -0.4 is 14.4 Å². The maximum atomic E-state index is 17.2. The van der Waals surface area contributed by atoms with Crippen LogP contribution in [-0.4, -0.2) is 88.7 Å². The standard InChI is InChI=1S/C33H37ClFN7O3/c1-19-15-33(6-4-10-42(33)17-19)18-45-31-38-28-24(29(39-31)41-9-5-12-44-13-11-41)30(43-3)37-27(26(28)35)23-20-16-36-40-22(20)14-21(34)25(23)32(2)7-8-32/h14,16H,1,4-13,15,17-18H2,2-3H3,(H,36,40). The van der Waals surface area contributed by atoms with Crippen LogP contribution in [0.15, 0.2) is 24.4 Å². The van der Waals surface area contributed by atoms with Gasteiger partial charge in [0.15, 0.2) is 5.82 Å². The Morgan fingerprint density at radius 1 is 1.13 bits per heavy atom. The molecule has 4 aromatic rings. The summed E-state index contributed by atoms with van der Waals surface area (Å²) in [6.45, 7) is 11.1. The second-order valence-electron chi connectivity index (χ2n) is 13.3. The van der Waals surface area contributed by atoms with Gasteiger partial charge in [0.2, 0.25) is 5.88 Å². The summed E-state index contributed by atoms with van der Waals surface area (Å²) in [7, 11) is 1.54. The maximum absolute atomic E-state index is 17.2. The van der Waals surface area contributed by atoms with Gasteiger partial charge >= 0.3 is 6.01 Å². The van der Waals surface area contributed by atoms with Crippen LogP contribution in [0.2, 0.25) is 5.02 Å². The molecule has 236 valence electrons. The number of ether oxygens (including phenoxy) is 3. The molecule has 1 saturated carbocycles. The summed E-state index contributed by atoms with van der Waals surface area (Å²) < 4.78 is 35.3. The Labute approximate surface area is 265 Å². The van der Waals surface area contributed by atoms with E-state index in [4.69, 9.17) is 40.8 Å². The number of anilines is 1. The number of aromatic nitrogens is 5. The Morgan fingerprint density at radius 2 is 2.00 bits per heavy atom. The van der Waals surface area contributed by atoms with Crippen LogP contribution in [0.3, 0.4) is 0 Å². The topological polar surface area (TPSA) is 102 Å². The van der Waals surface area contributed by atoms with Crippen molar-refractivity contribution < 1.29 is 18.6 Å². The number of benzene rings is 1. The number of H-pyrrole nitrogens is 1. The largest absolute Gasteiger partial charge is 0.480 e. The van der Waals surface area contributed by atoms with E-state index in [1.165, 1.54) is 5.57 Å². The van der Waals surface area contributed by atoms with Gasteiger partial charge in [0, 0.05) is 42.2 Å². The predicted molar refractivity (Wildman–Crippen MR) is 171 cm³/mol. The first-order chi connectivity index (χ1) is 21.8. The van der Waals surface area contributed by atoms with Gasteiger partial charge in [-0.15, -0.1) is 0 Å². The highest BCUT2D eigenvalue weighted by Gasteiger charge is 2.47. The number of rotatable bonds is 7. The third-order valence-electron chi connectivity index (χ3n) is 10.2. The molecule has 0 amide bonds. The summed E-state index contributed by atoms with van der Waals surface area (Å²) in [5.74, 6) is 0.195. The minimum atomic E-state index is -0.574. The third kappa shape index (κ3) is 4.73. The molecule has 8 rings (SSSR count). The second kappa shape index (κ2) is 10.8. The molecule has 45 heavy (non-hydrogen) atoms. The van der Waals surface area contributed by atoms with E-state index in [-0.39, 0.29) is 34.1 Å². The second-order valence-corrected chi connectivity index (χ2v) is 13.7. The van der Waals surface area contributed by atoms with Gasteiger partial charge < -0.3 is 19.1 Å². The monoisotopic (exact) mass is 633 g/mol. The predicted octanol–water partition coefficient (Wildman–Crippen LogP) is 5.82. The van der Waals surface area contributed by atoms with Gasteiger partial charge in [-0.1, -0.05) is 30.7 Å². The lowest BCUT2D eigenvalue weighted by Crippen LogP contribution is -2.43. The fourth-order valence-electron chi connectivity index (χ4n) is 7.65. The molecule has 0 spiro atoms. The van der Waals surface area contributed by atoms with Crippen molar-refractivity contribution in [2.75, 3.05) is 58.0 Å². The van der Waals surface area contributed by atoms with Gasteiger partial charge in [-0.05, 0) is 62.1 Å². The summed E-state index contributed by atoms with van der Waals surface area (Å²) in [6, 6.07) is 1.99. The third-order valence-corrected chi connectivity index (χ3v) is 10.5. The SMILES string of the molecule is C=C1CN2CCCC2(COc2nc(N3CCCOCC3)c3c(OC)nc(-c4c(C5(C)CC5)c(Cl)cc5[nH]ncc45)c(F)c3n2)C1. The van der Waals surface area contributed by atoms with Gasteiger partial charge in [0.05, 0.1) is 31.0 Å². The van der Waals surface area contributed by atoms with Gasteiger partial charge in [0.25, 0.3) is 0 Å². The molecular weight excluding hydrogens is 597 g/mol. The molecule has 1 unspecified atom stereocenters. The number of halogens is 2. The summed E-state index contributed by atoms with van der Waals surface area (Å²) in [5.41, 5.74) is 3.29. The van der Waals surface area contributed by atoms with E-state index in [0.29, 0.717) is 60.2 Å². The number of nitrogens with one attached hydrogen (secondary N) is 1. The molecule has 4 aliphatic rings. The van der Waals surface area contributed by atoms with Crippen LogP contribution in [0.4, 0.5) is 10.2 Å². The minimum absolute atomic E-state index is 0.0992. The molecule has 1 aromatic carbocycles. The molecule has 3 aliphatic heterocycles. The first-order valence-electron chi connectivity index (χ1n) is 15.8.